The molecule has 0 aliphatic carbocycles. The highest BCUT2D eigenvalue weighted by Gasteiger charge is 2.31. The Morgan fingerprint density at radius 1 is 1.58 bits per heavy atom. The lowest BCUT2D eigenvalue weighted by Gasteiger charge is -1.98. The van der Waals surface area contributed by atoms with E-state index in [1.165, 1.54) is 11.8 Å². The van der Waals surface area contributed by atoms with E-state index < -0.39 is 11.2 Å². The highest BCUT2D eigenvalue weighted by atomic mass is 32.2. The van der Waals surface area contributed by atoms with E-state index >= 15 is 0 Å². The lowest BCUT2D eigenvalue weighted by atomic mass is 10.3. The van der Waals surface area contributed by atoms with E-state index in [1.807, 2.05) is 24.4 Å². The molecular formula is C11H12N4O2S2. The minimum Gasteiger partial charge on any atom is -0.370 e. The number of hydrogen-bond acceptors (Lipinski definition) is 6. The van der Waals surface area contributed by atoms with Gasteiger partial charge < -0.3 is 11.1 Å². The van der Waals surface area contributed by atoms with E-state index in [0.29, 0.717) is 5.17 Å². The minimum absolute atomic E-state index is 0.00312. The fraction of sp³-hybridized carbons (Fsp3) is 0.273. The van der Waals surface area contributed by atoms with Gasteiger partial charge in [0, 0.05) is 6.42 Å². The maximum Gasteiger partial charge on any atom is 0.240 e. The van der Waals surface area contributed by atoms with Gasteiger partial charge in [-0.25, -0.2) is 0 Å². The van der Waals surface area contributed by atoms with Gasteiger partial charge >= 0.3 is 0 Å². The number of rotatable bonds is 4. The number of amidine groups is 1. The predicted molar refractivity (Wildman–Crippen MR) is 77.3 cm³/mol. The second kappa shape index (κ2) is 5.98. The van der Waals surface area contributed by atoms with Gasteiger partial charge in [-0.2, -0.15) is 5.10 Å². The molecule has 1 aromatic rings. The summed E-state index contributed by atoms with van der Waals surface area (Å²) in [5.74, 6) is -0.765. The highest BCUT2D eigenvalue weighted by Crippen LogP contribution is 2.22. The number of amides is 2. The summed E-state index contributed by atoms with van der Waals surface area (Å²) in [5, 5.41) is 12.5. The van der Waals surface area contributed by atoms with Crippen LogP contribution in [-0.4, -0.2) is 27.9 Å². The number of thioether (sulfide) groups is 1. The molecule has 0 saturated carbocycles. The topological polar surface area (TPSA) is 96.9 Å². The molecular weight excluding hydrogens is 284 g/mol. The van der Waals surface area contributed by atoms with Crippen LogP contribution in [0.2, 0.25) is 0 Å². The van der Waals surface area contributed by atoms with Crippen LogP contribution in [0, 0.1) is 0 Å². The Kier molecular flexibility index (Phi) is 4.33. The number of carbonyl (C=O) groups excluding carboxylic acids is 2. The summed E-state index contributed by atoms with van der Waals surface area (Å²) in [7, 11) is 0. The van der Waals surface area contributed by atoms with Crippen molar-refractivity contribution >= 4 is 45.8 Å². The van der Waals surface area contributed by atoms with Crippen LogP contribution in [0.3, 0.4) is 0 Å². The van der Waals surface area contributed by atoms with Gasteiger partial charge in [-0.05, 0) is 18.4 Å². The van der Waals surface area contributed by atoms with Gasteiger partial charge in [-0.3, -0.25) is 9.59 Å². The quantitative estimate of drug-likeness (QED) is 0.639. The average molecular weight is 296 g/mol. The van der Waals surface area contributed by atoms with Gasteiger partial charge in [-0.15, -0.1) is 16.4 Å². The van der Waals surface area contributed by atoms with Crippen LogP contribution >= 0.6 is 23.1 Å². The summed E-state index contributed by atoms with van der Waals surface area (Å²) in [5.41, 5.74) is 5.84. The smallest absolute Gasteiger partial charge is 0.240 e. The molecule has 1 aliphatic rings. The molecule has 0 aromatic carbocycles. The summed E-state index contributed by atoms with van der Waals surface area (Å²) in [6.45, 7) is 1.85. The maximum absolute atomic E-state index is 11.5. The van der Waals surface area contributed by atoms with Crippen LogP contribution in [0.5, 0.6) is 0 Å². The first-order valence-corrected chi connectivity index (χ1v) is 7.24. The molecule has 1 aromatic heterocycles. The number of primary amides is 1. The first-order valence-electron chi connectivity index (χ1n) is 5.48. The van der Waals surface area contributed by atoms with E-state index in [4.69, 9.17) is 5.73 Å². The molecule has 3 N–H and O–H groups in total. The third kappa shape index (κ3) is 3.65. The molecule has 0 unspecified atom stereocenters. The van der Waals surface area contributed by atoms with Crippen LogP contribution in [0.4, 0.5) is 0 Å². The molecule has 19 heavy (non-hydrogen) atoms. The van der Waals surface area contributed by atoms with Gasteiger partial charge in [0.25, 0.3) is 0 Å². The Hall–Kier alpha value is -1.67. The van der Waals surface area contributed by atoms with Gasteiger partial charge in [0.15, 0.2) is 5.17 Å². The van der Waals surface area contributed by atoms with Crippen molar-refractivity contribution in [2.24, 2.45) is 15.9 Å². The Morgan fingerprint density at radius 2 is 2.37 bits per heavy atom. The zero-order chi connectivity index (χ0) is 13.8. The standard InChI is InChI=1S/C11H12N4O2S2/c1-6(7-3-2-4-18-7)14-15-11-13-10(17)8(19-11)5-9(12)16/h2-4,8H,5H2,1H3,(H2,12,16)(H,13,15,17)/b14-6-/t8-/m1/s1. The fourth-order valence-electron chi connectivity index (χ4n) is 1.42. The van der Waals surface area contributed by atoms with Crippen LogP contribution in [0.25, 0.3) is 0 Å². The molecule has 1 fully saturated rings. The van der Waals surface area contributed by atoms with E-state index in [2.05, 4.69) is 15.5 Å². The van der Waals surface area contributed by atoms with Gasteiger partial charge in [0.2, 0.25) is 11.8 Å². The summed E-state index contributed by atoms with van der Waals surface area (Å²) in [6, 6.07) is 3.88. The Balaban J connectivity index is 2.04. The van der Waals surface area contributed by atoms with Crippen molar-refractivity contribution in [2.75, 3.05) is 0 Å². The number of hydrogen-bond donors (Lipinski definition) is 2. The number of nitrogens with one attached hydrogen (secondary N) is 1. The fourth-order valence-corrected chi connectivity index (χ4v) is 3.03. The minimum atomic E-state index is -0.507. The van der Waals surface area contributed by atoms with Crippen molar-refractivity contribution in [1.29, 1.82) is 0 Å². The van der Waals surface area contributed by atoms with Crippen molar-refractivity contribution in [1.82, 2.24) is 5.32 Å². The number of thiophene rings is 1. The van der Waals surface area contributed by atoms with Crippen molar-refractivity contribution in [3.05, 3.63) is 22.4 Å². The zero-order valence-corrected chi connectivity index (χ0v) is 11.8. The van der Waals surface area contributed by atoms with Crippen LogP contribution in [0.1, 0.15) is 18.2 Å². The third-order valence-corrected chi connectivity index (χ3v) is 4.38. The first kappa shape index (κ1) is 13.8. The number of carbonyl (C=O) groups is 2. The summed E-state index contributed by atoms with van der Waals surface area (Å²) in [6.07, 6.45) is 0.00312. The molecule has 0 spiro atoms. The molecule has 2 heterocycles. The van der Waals surface area contributed by atoms with Crippen LogP contribution < -0.4 is 11.1 Å². The summed E-state index contributed by atoms with van der Waals surface area (Å²) in [4.78, 5) is 23.3. The molecule has 0 radical (unpaired) electrons. The van der Waals surface area contributed by atoms with Gasteiger partial charge in [0.05, 0.1) is 10.6 Å². The maximum atomic E-state index is 11.5. The normalized spacial score (nSPS) is 21.7. The molecule has 2 amide bonds. The van der Waals surface area contributed by atoms with Crippen LogP contribution in [-0.2, 0) is 9.59 Å². The van der Waals surface area contributed by atoms with Crippen molar-refractivity contribution in [3.8, 4) is 0 Å². The van der Waals surface area contributed by atoms with E-state index in [-0.39, 0.29) is 12.3 Å². The lowest BCUT2D eigenvalue weighted by molar-refractivity contribution is -0.123. The molecule has 1 aliphatic heterocycles. The van der Waals surface area contributed by atoms with Crippen LogP contribution in [0.15, 0.2) is 27.7 Å². The molecule has 1 saturated heterocycles. The molecule has 0 bridgehead atoms. The van der Waals surface area contributed by atoms with E-state index in [0.717, 1.165) is 10.6 Å². The zero-order valence-electron chi connectivity index (χ0n) is 10.1. The molecule has 1 atom stereocenters. The van der Waals surface area contributed by atoms with E-state index in [9.17, 15) is 9.59 Å². The van der Waals surface area contributed by atoms with E-state index in [1.54, 1.807) is 11.3 Å². The summed E-state index contributed by atoms with van der Waals surface area (Å²) < 4.78 is 0. The monoisotopic (exact) mass is 296 g/mol. The Labute approximate surface area is 118 Å². The first-order chi connectivity index (χ1) is 9.06. The second-order valence-electron chi connectivity index (χ2n) is 3.83. The molecule has 2 rings (SSSR count). The van der Waals surface area contributed by atoms with Crippen molar-refractivity contribution in [3.63, 3.8) is 0 Å². The second-order valence-corrected chi connectivity index (χ2v) is 5.97. The Bertz CT molecular complexity index is 551. The Morgan fingerprint density at radius 3 is 3.00 bits per heavy atom. The molecule has 100 valence electrons. The van der Waals surface area contributed by atoms with Crippen molar-refractivity contribution < 1.29 is 9.59 Å². The summed E-state index contributed by atoms with van der Waals surface area (Å²) >= 11 is 2.74. The highest BCUT2D eigenvalue weighted by molar-refractivity contribution is 8.15. The van der Waals surface area contributed by atoms with Gasteiger partial charge in [-0.1, -0.05) is 17.8 Å². The largest absolute Gasteiger partial charge is 0.370 e. The number of nitrogens with zero attached hydrogens (tertiary/aromatic N) is 2. The van der Waals surface area contributed by atoms with Gasteiger partial charge in [0.1, 0.15) is 5.25 Å². The average Bonchev–Trinajstić information content (AvgIpc) is 2.96. The lowest BCUT2D eigenvalue weighted by Crippen LogP contribution is -2.28. The predicted octanol–water partition coefficient (Wildman–Crippen LogP) is 0.935. The SMILES string of the molecule is C/C(=N/N=C1/NC(=O)[C@@H](CC(N)=O)S1)c1cccs1. The molecule has 8 heteroatoms. The van der Waals surface area contributed by atoms with Crippen molar-refractivity contribution in [2.45, 2.75) is 18.6 Å². The number of nitrogens with two attached hydrogens (primary N) is 1. The molecule has 6 nitrogen and oxygen atoms in total. The third-order valence-electron chi connectivity index (χ3n) is 2.33.